The third-order valence-electron chi connectivity index (χ3n) is 2.81. The van der Waals surface area contributed by atoms with E-state index in [0.717, 1.165) is 25.3 Å². The van der Waals surface area contributed by atoms with Gasteiger partial charge in [-0.3, -0.25) is 0 Å². The maximum atomic E-state index is 4.17. The predicted molar refractivity (Wildman–Crippen MR) is 71.1 cm³/mol. The molecule has 0 aliphatic carbocycles. The summed E-state index contributed by atoms with van der Waals surface area (Å²) >= 11 is 4.17. The lowest BCUT2D eigenvalue weighted by Crippen LogP contribution is -2.19. The highest BCUT2D eigenvalue weighted by Crippen LogP contribution is 2.15. The Morgan fingerprint density at radius 3 is 2.33 bits per heavy atom. The van der Waals surface area contributed by atoms with Crippen molar-refractivity contribution in [2.45, 2.75) is 27.2 Å². The molecule has 0 amide bonds. The first-order chi connectivity index (χ1) is 7.15. The Hall–Kier alpha value is -0.470. The number of nitrogens with one attached hydrogen (secondary N) is 1. The molecule has 0 atom stereocenters. The van der Waals surface area contributed by atoms with Crippen LogP contribution in [0, 0.1) is 20.8 Å². The fourth-order valence-electron chi connectivity index (χ4n) is 1.72. The highest BCUT2D eigenvalue weighted by Gasteiger charge is 2.01. The molecule has 0 bridgehead atoms. The van der Waals surface area contributed by atoms with Crippen LogP contribution < -0.4 is 5.32 Å². The van der Waals surface area contributed by atoms with E-state index in [-0.39, 0.29) is 0 Å². The van der Waals surface area contributed by atoms with Gasteiger partial charge in [-0.1, -0.05) is 12.1 Å². The fraction of sp³-hybridized carbons (Fsp3) is 0.538. The van der Waals surface area contributed by atoms with Gasteiger partial charge < -0.3 is 5.32 Å². The van der Waals surface area contributed by atoms with Crippen LogP contribution in [0.25, 0.3) is 0 Å². The van der Waals surface area contributed by atoms with Gasteiger partial charge in [0.2, 0.25) is 0 Å². The van der Waals surface area contributed by atoms with Gasteiger partial charge in [-0.2, -0.15) is 12.6 Å². The molecule has 0 saturated heterocycles. The zero-order valence-electron chi connectivity index (χ0n) is 9.93. The lowest BCUT2D eigenvalue weighted by atomic mass is 9.99. The van der Waals surface area contributed by atoms with Crippen LogP contribution in [-0.4, -0.2) is 18.8 Å². The summed E-state index contributed by atoms with van der Waals surface area (Å²) in [6.45, 7) is 8.59. The van der Waals surface area contributed by atoms with Gasteiger partial charge in [-0.25, -0.2) is 0 Å². The standard InChI is InChI=1S/C13H21NS/c1-10-8-12(3)13(9-11(10)2)4-5-14-6-7-15/h8-9,14-15H,4-7H2,1-3H3. The molecule has 1 N–H and O–H groups in total. The SMILES string of the molecule is Cc1cc(C)c(CCNCCS)cc1C. The van der Waals surface area contributed by atoms with Crippen molar-refractivity contribution in [3.8, 4) is 0 Å². The number of hydrogen-bond acceptors (Lipinski definition) is 2. The molecule has 0 unspecified atom stereocenters. The second-order valence-electron chi connectivity index (χ2n) is 4.09. The fourth-order valence-corrected chi connectivity index (χ4v) is 1.87. The van der Waals surface area contributed by atoms with E-state index in [1.54, 1.807) is 0 Å². The highest BCUT2D eigenvalue weighted by molar-refractivity contribution is 7.80. The third kappa shape index (κ3) is 3.88. The molecule has 2 heteroatoms. The maximum absolute atomic E-state index is 4.17. The van der Waals surface area contributed by atoms with Crippen LogP contribution in [0.1, 0.15) is 22.3 Å². The Morgan fingerprint density at radius 2 is 1.67 bits per heavy atom. The molecule has 1 aromatic rings. The van der Waals surface area contributed by atoms with E-state index in [2.05, 4.69) is 50.8 Å². The first kappa shape index (κ1) is 12.6. The summed E-state index contributed by atoms with van der Waals surface area (Å²) in [6.07, 6.45) is 1.11. The molecular formula is C13H21NS. The predicted octanol–water partition coefficient (Wildman–Crippen LogP) is 2.67. The minimum Gasteiger partial charge on any atom is -0.316 e. The van der Waals surface area contributed by atoms with Crippen LogP contribution in [0.5, 0.6) is 0 Å². The van der Waals surface area contributed by atoms with Crippen molar-refractivity contribution < 1.29 is 0 Å². The first-order valence-corrected chi connectivity index (χ1v) is 6.16. The zero-order chi connectivity index (χ0) is 11.3. The summed E-state index contributed by atoms with van der Waals surface area (Å²) in [6, 6.07) is 4.59. The molecule has 1 nitrogen and oxygen atoms in total. The van der Waals surface area contributed by atoms with Gasteiger partial charge in [0.15, 0.2) is 0 Å². The van der Waals surface area contributed by atoms with Gasteiger partial charge in [0.25, 0.3) is 0 Å². The number of rotatable bonds is 5. The van der Waals surface area contributed by atoms with Crippen LogP contribution in [0.3, 0.4) is 0 Å². The lowest BCUT2D eigenvalue weighted by molar-refractivity contribution is 0.719. The molecule has 0 heterocycles. The molecule has 15 heavy (non-hydrogen) atoms. The molecule has 0 aliphatic rings. The molecule has 0 radical (unpaired) electrons. The van der Waals surface area contributed by atoms with Crippen LogP contribution in [0.15, 0.2) is 12.1 Å². The summed E-state index contributed by atoms with van der Waals surface area (Å²) < 4.78 is 0. The topological polar surface area (TPSA) is 12.0 Å². The molecule has 1 aromatic carbocycles. The Bertz CT molecular complexity index is 321. The first-order valence-electron chi connectivity index (χ1n) is 5.53. The molecule has 0 spiro atoms. The van der Waals surface area contributed by atoms with Crippen molar-refractivity contribution >= 4 is 12.6 Å². The van der Waals surface area contributed by atoms with E-state index in [0.29, 0.717) is 0 Å². The Kier molecular flexibility index (Phi) is 5.20. The lowest BCUT2D eigenvalue weighted by Gasteiger charge is -2.10. The number of benzene rings is 1. The van der Waals surface area contributed by atoms with Crippen molar-refractivity contribution in [3.63, 3.8) is 0 Å². The summed E-state index contributed by atoms with van der Waals surface area (Å²) in [4.78, 5) is 0. The van der Waals surface area contributed by atoms with Gasteiger partial charge >= 0.3 is 0 Å². The van der Waals surface area contributed by atoms with E-state index in [1.807, 2.05) is 0 Å². The molecule has 0 saturated carbocycles. The molecule has 1 rings (SSSR count). The molecule has 0 aliphatic heterocycles. The van der Waals surface area contributed by atoms with Crippen LogP contribution in [-0.2, 0) is 6.42 Å². The Labute approximate surface area is 98.7 Å². The summed E-state index contributed by atoms with van der Waals surface area (Å²) in [5.41, 5.74) is 5.65. The summed E-state index contributed by atoms with van der Waals surface area (Å²) in [7, 11) is 0. The van der Waals surface area contributed by atoms with E-state index in [9.17, 15) is 0 Å². The molecule has 84 valence electrons. The Balaban J connectivity index is 2.57. The summed E-state index contributed by atoms with van der Waals surface area (Å²) in [5, 5.41) is 3.37. The van der Waals surface area contributed by atoms with E-state index < -0.39 is 0 Å². The van der Waals surface area contributed by atoms with E-state index >= 15 is 0 Å². The highest BCUT2D eigenvalue weighted by atomic mass is 32.1. The zero-order valence-corrected chi connectivity index (χ0v) is 10.8. The quantitative estimate of drug-likeness (QED) is 0.578. The van der Waals surface area contributed by atoms with E-state index in [4.69, 9.17) is 0 Å². The van der Waals surface area contributed by atoms with Gasteiger partial charge in [0, 0.05) is 12.3 Å². The van der Waals surface area contributed by atoms with Crippen molar-refractivity contribution in [1.82, 2.24) is 5.32 Å². The van der Waals surface area contributed by atoms with Crippen LogP contribution in [0.2, 0.25) is 0 Å². The second-order valence-corrected chi connectivity index (χ2v) is 4.53. The summed E-state index contributed by atoms with van der Waals surface area (Å²) in [5.74, 6) is 0.909. The number of aryl methyl sites for hydroxylation is 3. The van der Waals surface area contributed by atoms with Gasteiger partial charge in [-0.05, 0) is 56.0 Å². The van der Waals surface area contributed by atoms with Crippen molar-refractivity contribution in [3.05, 3.63) is 34.4 Å². The molecular weight excluding hydrogens is 202 g/mol. The van der Waals surface area contributed by atoms with Crippen LogP contribution in [0.4, 0.5) is 0 Å². The van der Waals surface area contributed by atoms with E-state index in [1.165, 1.54) is 22.3 Å². The smallest absolute Gasteiger partial charge is 0.00398 e. The monoisotopic (exact) mass is 223 g/mol. The molecule has 0 fully saturated rings. The molecule has 0 aromatic heterocycles. The second kappa shape index (κ2) is 6.19. The largest absolute Gasteiger partial charge is 0.316 e. The van der Waals surface area contributed by atoms with Crippen molar-refractivity contribution in [2.24, 2.45) is 0 Å². The number of hydrogen-bond donors (Lipinski definition) is 2. The van der Waals surface area contributed by atoms with Gasteiger partial charge in [0.05, 0.1) is 0 Å². The number of thiol groups is 1. The van der Waals surface area contributed by atoms with Crippen LogP contribution >= 0.6 is 12.6 Å². The third-order valence-corrected chi connectivity index (χ3v) is 3.04. The Morgan fingerprint density at radius 1 is 1.00 bits per heavy atom. The van der Waals surface area contributed by atoms with Gasteiger partial charge in [-0.15, -0.1) is 0 Å². The van der Waals surface area contributed by atoms with Gasteiger partial charge in [0.1, 0.15) is 0 Å². The minimum atomic E-state index is 0.909. The minimum absolute atomic E-state index is 0.909. The van der Waals surface area contributed by atoms with Crippen molar-refractivity contribution in [2.75, 3.05) is 18.8 Å². The average molecular weight is 223 g/mol. The maximum Gasteiger partial charge on any atom is 0.00398 e. The average Bonchev–Trinajstić information content (AvgIpc) is 2.20. The normalized spacial score (nSPS) is 10.7. The van der Waals surface area contributed by atoms with Crippen molar-refractivity contribution in [1.29, 1.82) is 0 Å².